The van der Waals surface area contributed by atoms with Crippen molar-refractivity contribution in [2.75, 3.05) is 32.1 Å². The third kappa shape index (κ3) is 16.4. The minimum atomic E-state index is -0.987. The molecule has 18 atom stereocenters. The Morgan fingerprint density at radius 3 is 2.38 bits per heavy atom. The molecule has 1 aromatic rings. The van der Waals surface area contributed by atoms with Crippen molar-refractivity contribution in [3.8, 4) is 0 Å². The molecule has 7 fully saturated rings. The molecular formula is C59H90N6O15. The Hall–Kier alpha value is -4.55. The van der Waals surface area contributed by atoms with E-state index in [9.17, 15) is 29.1 Å². The second-order valence-corrected chi connectivity index (χ2v) is 23.9. The predicted molar refractivity (Wildman–Crippen MR) is 295 cm³/mol. The highest BCUT2D eigenvalue weighted by molar-refractivity contribution is 5.97. The number of urea groups is 1. The predicted octanol–water partition coefficient (Wildman–Crippen LogP) is 5.52. The average Bonchev–Trinajstić information content (AvgIpc) is 4.18. The highest BCUT2D eigenvalue weighted by atomic mass is 16.7. The maximum Gasteiger partial charge on any atom is 0.407 e. The Kier molecular flexibility index (Phi) is 21.6. The number of aliphatic hydroxyl groups excluding tert-OH is 1. The topological polar surface area (TPSA) is 289 Å². The van der Waals surface area contributed by atoms with Crippen LogP contribution in [0.5, 0.6) is 0 Å². The Bertz CT molecular complexity index is 2290. The highest BCUT2D eigenvalue weighted by Crippen LogP contribution is 2.49. The number of ether oxygens (including phenoxy) is 9. The number of nitrogens with two attached hydrogens (primary N) is 2. The van der Waals surface area contributed by atoms with Gasteiger partial charge in [0.2, 0.25) is 11.8 Å². The molecule has 0 radical (unpaired) electrons. The van der Waals surface area contributed by atoms with Crippen molar-refractivity contribution in [2.24, 2.45) is 29.2 Å². The van der Waals surface area contributed by atoms with Gasteiger partial charge in [0, 0.05) is 70.3 Å². The number of hydrogen-bond acceptors (Lipinski definition) is 16. The number of primary amides is 1. The van der Waals surface area contributed by atoms with Gasteiger partial charge in [0.25, 0.3) is 0 Å². The fourth-order valence-electron chi connectivity index (χ4n) is 12.8. The molecule has 446 valence electrons. The van der Waals surface area contributed by atoms with Crippen LogP contribution in [0, 0.1) is 17.8 Å². The molecule has 0 saturated carbocycles. The normalized spacial score (nSPS) is 34.0. The molecule has 4 bridgehead atoms. The Morgan fingerprint density at radius 1 is 0.863 bits per heavy atom. The first-order valence-electron chi connectivity index (χ1n) is 29.3. The fraction of sp³-hybridized carbons (Fsp3) is 0.746. The van der Waals surface area contributed by atoms with Crippen LogP contribution in [0.15, 0.2) is 48.6 Å². The number of alkyl carbamates (subject to hydrolysis) is 1. The Labute approximate surface area is 471 Å². The average molecular weight is 1120 g/mol. The van der Waals surface area contributed by atoms with Gasteiger partial charge in [-0.25, -0.2) is 9.59 Å². The summed E-state index contributed by atoms with van der Waals surface area (Å²) < 4.78 is 57.4. The number of carbonyl (C=O) groups is 5. The molecule has 7 aliphatic rings. The van der Waals surface area contributed by atoms with Crippen molar-refractivity contribution in [3.63, 3.8) is 0 Å². The number of hydrogen-bond donors (Lipinski definition) is 7. The summed E-state index contributed by atoms with van der Waals surface area (Å²) >= 11 is 0. The zero-order valence-electron chi connectivity index (χ0n) is 47.6. The Balaban J connectivity index is 0.730. The lowest BCUT2D eigenvalue weighted by molar-refractivity contribution is -0.276. The lowest BCUT2D eigenvalue weighted by Gasteiger charge is -2.47. The van der Waals surface area contributed by atoms with Crippen molar-refractivity contribution in [2.45, 2.75) is 234 Å². The van der Waals surface area contributed by atoms with E-state index in [1.807, 2.05) is 0 Å². The number of amides is 5. The third-order valence-corrected chi connectivity index (χ3v) is 17.5. The molecule has 5 unspecified atom stereocenters. The largest absolute Gasteiger partial charge is 0.445 e. The first kappa shape index (κ1) is 61.5. The van der Waals surface area contributed by atoms with E-state index >= 15 is 0 Å². The van der Waals surface area contributed by atoms with Crippen LogP contribution in [0.25, 0.3) is 0 Å². The van der Waals surface area contributed by atoms with Crippen LogP contribution >= 0.6 is 0 Å². The van der Waals surface area contributed by atoms with E-state index in [2.05, 4.69) is 48.3 Å². The lowest BCUT2D eigenvalue weighted by Crippen LogP contribution is -2.56. The quantitative estimate of drug-likeness (QED) is 0.0444. The maximum atomic E-state index is 13.8. The van der Waals surface area contributed by atoms with Gasteiger partial charge >= 0.3 is 12.1 Å². The molecule has 9 N–H and O–H groups in total. The molecule has 5 amide bonds. The number of carbonyl (C=O) groups excluding carboxylic acids is 5. The molecular weight excluding hydrogens is 1030 g/mol. The van der Waals surface area contributed by atoms with Crippen LogP contribution in [0.4, 0.5) is 15.3 Å². The number of anilines is 1. The summed E-state index contributed by atoms with van der Waals surface area (Å²) in [4.78, 5) is 63.4. The van der Waals surface area contributed by atoms with E-state index in [-0.39, 0.29) is 131 Å². The van der Waals surface area contributed by atoms with E-state index in [1.165, 1.54) is 5.57 Å². The van der Waals surface area contributed by atoms with Gasteiger partial charge in [0.05, 0.1) is 85.9 Å². The van der Waals surface area contributed by atoms with E-state index in [0.717, 1.165) is 56.9 Å². The third-order valence-electron chi connectivity index (χ3n) is 17.5. The van der Waals surface area contributed by atoms with Crippen LogP contribution in [-0.2, 0) is 63.6 Å². The van der Waals surface area contributed by atoms with Crippen molar-refractivity contribution >= 4 is 35.4 Å². The number of benzene rings is 1. The summed E-state index contributed by atoms with van der Waals surface area (Å²) in [5, 5.41) is 21.5. The van der Waals surface area contributed by atoms with Crippen molar-refractivity contribution < 1.29 is 71.7 Å². The van der Waals surface area contributed by atoms with Gasteiger partial charge in [-0.2, -0.15) is 0 Å². The number of ketones is 1. The number of Topliss-reactive ketones (excluding diaryl/α,β-unsaturated/α-hetero) is 1. The summed E-state index contributed by atoms with van der Waals surface area (Å²) in [6, 6.07) is 4.18. The monoisotopic (exact) mass is 1120 g/mol. The van der Waals surface area contributed by atoms with Crippen LogP contribution in [0.1, 0.15) is 136 Å². The van der Waals surface area contributed by atoms with Gasteiger partial charge < -0.3 is 80.5 Å². The molecule has 1 aromatic carbocycles. The van der Waals surface area contributed by atoms with Gasteiger partial charge in [0.15, 0.2) is 5.79 Å². The second kappa shape index (κ2) is 28.1. The van der Waals surface area contributed by atoms with E-state index < -0.39 is 60.1 Å². The zero-order chi connectivity index (χ0) is 57.3. The number of aliphatic hydroxyl groups is 1. The van der Waals surface area contributed by atoms with Crippen LogP contribution in [0.3, 0.4) is 0 Å². The van der Waals surface area contributed by atoms with Crippen molar-refractivity contribution in [1.29, 1.82) is 0 Å². The molecule has 7 saturated heterocycles. The Morgan fingerprint density at radius 2 is 1.64 bits per heavy atom. The number of methoxy groups -OCH3 is 1. The lowest BCUT2D eigenvalue weighted by atomic mass is 9.86. The van der Waals surface area contributed by atoms with Gasteiger partial charge in [-0.05, 0) is 112 Å². The van der Waals surface area contributed by atoms with Crippen LogP contribution in [0.2, 0.25) is 0 Å². The van der Waals surface area contributed by atoms with Crippen LogP contribution < -0.4 is 32.7 Å². The van der Waals surface area contributed by atoms with E-state index in [1.54, 1.807) is 45.2 Å². The second-order valence-electron chi connectivity index (χ2n) is 23.9. The first-order chi connectivity index (χ1) is 38.2. The molecule has 7 aliphatic heterocycles. The summed E-state index contributed by atoms with van der Waals surface area (Å²) in [7, 11) is 1.57. The van der Waals surface area contributed by atoms with Gasteiger partial charge in [-0.15, -0.1) is 0 Å². The van der Waals surface area contributed by atoms with Crippen LogP contribution in [-0.4, -0.2) is 159 Å². The molecule has 0 aromatic heterocycles. The van der Waals surface area contributed by atoms with E-state index in [4.69, 9.17) is 54.1 Å². The molecule has 0 aliphatic carbocycles. The zero-order valence-corrected chi connectivity index (χ0v) is 47.6. The molecule has 7 heterocycles. The summed E-state index contributed by atoms with van der Waals surface area (Å²) in [6.45, 7) is 16.9. The fourth-order valence-corrected chi connectivity index (χ4v) is 12.8. The number of rotatable bonds is 26. The SMILES string of the molecule is C=C1C[C@H](CC[C@]23CCC(O2)[C@H]2C[C@@H](O3)[C@H]3OC(CC(=O)CC4CO[C@H](CC(O)CNC(=O)OCc5ccc(NC(=O)C(CCCNC(N)=O)NC(=O)[C@@H](N)C(C)C)cc5)[C@@H]4OC)CC[C@@H]3O2)O[C@H]1CC[C@H]1C[C@@H](C)C(=C)[C@@H](C)O1. The first-order valence-corrected chi connectivity index (χ1v) is 29.3. The standard InChI is InChI=1S/C59H90N6O15/c1-32(2)52(60)56(69)65-45(9-8-22-62-57(61)70)55(68)64-39-12-10-37(11-13-39)30-74-58(71)63-29-41(67)27-50-53(72-7)38(31-73-50)25-40(66)26-43-15-17-48-54(77-43)51-28-49(78-48)47-19-21-59(79-47,80-51)20-18-44-24-34(4)46(76-44)16-14-42-23-33(3)35(5)36(6)75-42/h10-13,32-33,36,38,41-54,67H,4-5,8-9,14-31,60H2,1-3,6-7H3,(H,63,71)(H,64,68)(H,65,69)(H3,61,62,70)/t33-,36-,38?,41?,42+,43?,44+,45?,46+,47?,48+,49-,50-,51-,52+,53-,54+,59+/m1/s1. The van der Waals surface area contributed by atoms with Gasteiger partial charge in [-0.1, -0.05) is 46.1 Å². The number of fused-ring (bicyclic) bond motifs is 7. The maximum absolute atomic E-state index is 13.8. The van der Waals surface area contributed by atoms with Gasteiger partial charge in [-0.3, -0.25) is 14.4 Å². The smallest absolute Gasteiger partial charge is 0.407 e. The summed E-state index contributed by atoms with van der Waals surface area (Å²) in [5.41, 5.74) is 14.5. The molecule has 8 rings (SSSR count). The molecule has 0 spiro atoms. The van der Waals surface area contributed by atoms with Crippen molar-refractivity contribution in [3.05, 3.63) is 54.1 Å². The number of nitrogens with one attached hydrogen (secondary N) is 4. The summed E-state index contributed by atoms with van der Waals surface area (Å²) in [6.07, 6.45) is 6.85. The summed E-state index contributed by atoms with van der Waals surface area (Å²) in [5.74, 6) is -1.55. The van der Waals surface area contributed by atoms with Gasteiger partial charge in [0.1, 0.15) is 24.5 Å². The highest BCUT2D eigenvalue weighted by Gasteiger charge is 2.56. The van der Waals surface area contributed by atoms with E-state index in [0.29, 0.717) is 42.9 Å². The van der Waals surface area contributed by atoms with Crippen molar-refractivity contribution in [1.82, 2.24) is 16.0 Å². The minimum absolute atomic E-state index is 0.0226. The molecule has 80 heavy (non-hydrogen) atoms. The molecule has 21 nitrogen and oxygen atoms in total. The molecule has 21 heteroatoms. The minimum Gasteiger partial charge on any atom is -0.445 e.